The van der Waals surface area contributed by atoms with E-state index in [1.165, 1.54) is 0 Å². The summed E-state index contributed by atoms with van der Waals surface area (Å²) < 4.78 is 23.4. The van der Waals surface area contributed by atoms with E-state index in [0.717, 1.165) is 18.5 Å². The van der Waals surface area contributed by atoms with Crippen LogP contribution in [0.5, 0.6) is 11.5 Å². The molecular weight excluding hydrogens is 406 g/mol. The van der Waals surface area contributed by atoms with E-state index in [0.29, 0.717) is 36.8 Å². The minimum Gasteiger partial charge on any atom is -0.454 e. The van der Waals surface area contributed by atoms with Crippen molar-refractivity contribution in [3.63, 3.8) is 0 Å². The van der Waals surface area contributed by atoms with E-state index in [-0.39, 0.29) is 31.6 Å². The Morgan fingerprint density at radius 1 is 1.32 bits per heavy atom. The Hall–Kier alpha value is -2.89. The van der Waals surface area contributed by atoms with Crippen LogP contribution in [0.1, 0.15) is 25.0 Å². The molecule has 3 atom stereocenters. The summed E-state index contributed by atoms with van der Waals surface area (Å²) >= 11 is 0. The second-order valence-electron chi connectivity index (χ2n) is 7.52. The Bertz CT molecular complexity index is 891. The summed E-state index contributed by atoms with van der Waals surface area (Å²) in [5, 5.41) is 23.6. The largest absolute Gasteiger partial charge is 0.454 e. The van der Waals surface area contributed by atoms with Crippen molar-refractivity contribution in [1.29, 1.82) is 0 Å². The Morgan fingerprint density at radius 3 is 3.03 bits per heavy atom. The van der Waals surface area contributed by atoms with Gasteiger partial charge in [0.15, 0.2) is 11.5 Å². The molecule has 2 amide bonds. The molecule has 0 saturated carbocycles. The number of aliphatic hydroxyl groups is 1. The number of hydrogen-bond donors (Lipinski definition) is 3. The molecule has 31 heavy (non-hydrogen) atoms. The van der Waals surface area contributed by atoms with Crippen LogP contribution >= 0.6 is 0 Å². The summed E-state index contributed by atoms with van der Waals surface area (Å²) in [5.41, 5.74) is 1.37. The molecule has 4 rings (SSSR count). The van der Waals surface area contributed by atoms with E-state index in [1.54, 1.807) is 30.0 Å². The third kappa shape index (κ3) is 5.43. The van der Waals surface area contributed by atoms with Gasteiger partial charge in [-0.25, -0.2) is 4.79 Å². The maximum absolute atomic E-state index is 12.4. The van der Waals surface area contributed by atoms with E-state index in [9.17, 15) is 9.90 Å². The van der Waals surface area contributed by atoms with E-state index in [1.807, 2.05) is 6.20 Å². The van der Waals surface area contributed by atoms with E-state index < -0.39 is 6.10 Å². The number of aryl methyl sites for hydroxylation is 1. The minimum atomic E-state index is -0.471. The summed E-state index contributed by atoms with van der Waals surface area (Å²) in [6.07, 6.45) is 3.56. The standard InChI is InChI=1S/C20H27N5O6/c1-28-11-14-9-25(24-23-14)7-6-15-3-4-16(19(10-26)31-15)22-20(27)21-13-2-5-17-18(8-13)30-12-29-17/h2,5,8-9,15-16,19,26H,3-4,6-7,10-12H2,1H3,(H2,21,22,27)/t15-,16-,19-/m0/s1. The summed E-state index contributed by atoms with van der Waals surface area (Å²) in [5.74, 6) is 1.25. The molecule has 0 aliphatic carbocycles. The Labute approximate surface area is 179 Å². The number of methoxy groups -OCH3 is 1. The average molecular weight is 433 g/mol. The van der Waals surface area contributed by atoms with Crippen molar-refractivity contribution < 1.29 is 28.8 Å². The van der Waals surface area contributed by atoms with Crippen LogP contribution in [0.15, 0.2) is 24.4 Å². The summed E-state index contributed by atoms with van der Waals surface area (Å²) in [6.45, 7) is 1.08. The molecule has 0 radical (unpaired) electrons. The van der Waals surface area contributed by atoms with Crippen LogP contribution in [-0.2, 0) is 22.6 Å². The van der Waals surface area contributed by atoms with Crippen molar-refractivity contribution in [1.82, 2.24) is 20.3 Å². The smallest absolute Gasteiger partial charge is 0.319 e. The van der Waals surface area contributed by atoms with E-state index in [2.05, 4.69) is 20.9 Å². The fourth-order valence-electron chi connectivity index (χ4n) is 3.76. The van der Waals surface area contributed by atoms with Gasteiger partial charge >= 0.3 is 6.03 Å². The van der Waals surface area contributed by atoms with Crippen LogP contribution < -0.4 is 20.1 Å². The zero-order chi connectivity index (χ0) is 21.6. The number of benzene rings is 1. The number of fused-ring (bicyclic) bond motifs is 1. The number of aromatic nitrogens is 3. The maximum atomic E-state index is 12.4. The molecule has 11 heteroatoms. The van der Waals surface area contributed by atoms with Crippen molar-refractivity contribution in [3.8, 4) is 11.5 Å². The van der Waals surface area contributed by atoms with Crippen molar-refractivity contribution in [2.24, 2.45) is 0 Å². The van der Waals surface area contributed by atoms with Gasteiger partial charge in [0.1, 0.15) is 11.8 Å². The number of urea groups is 1. The van der Waals surface area contributed by atoms with Crippen LogP contribution in [0.4, 0.5) is 10.5 Å². The molecular formula is C20H27N5O6. The van der Waals surface area contributed by atoms with Gasteiger partial charge in [-0.1, -0.05) is 5.21 Å². The van der Waals surface area contributed by atoms with Gasteiger partial charge < -0.3 is 34.7 Å². The lowest BCUT2D eigenvalue weighted by atomic mass is 9.97. The number of nitrogens with zero attached hydrogens (tertiary/aromatic N) is 3. The first-order chi connectivity index (χ1) is 15.1. The highest BCUT2D eigenvalue weighted by Gasteiger charge is 2.32. The molecule has 3 heterocycles. The van der Waals surface area contributed by atoms with Gasteiger partial charge in [0.2, 0.25) is 6.79 Å². The van der Waals surface area contributed by atoms with Gasteiger partial charge in [0, 0.05) is 25.4 Å². The molecule has 2 aliphatic rings. The molecule has 2 aromatic rings. The van der Waals surface area contributed by atoms with Crippen molar-refractivity contribution in [2.45, 2.75) is 50.7 Å². The summed E-state index contributed by atoms with van der Waals surface area (Å²) in [7, 11) is 1.61. The van der Waals surface area contributed by atoms with Crippen LogP contribution in [0.2, 0.25) is 0 Å². The predicted molar refractivity (Wildman–Crippen MR) is 109 cm³/mol. The number of carbonyl (C=O) groups is 1. The topological polar surface area (TPSA) is 129 Å². The predicted octanol–water partition coefficient (Wildman–Crippen LogP) is 1.27. The Balaban J connectivity index is 1.24. The molecule has 11 nitrogen and oxygen atoms in total. The van der Waals surface area contributed by atoms with E-state index >= 15 is 0 Å². The first-order valence-electron chi connectivity index (χ1n) is 10.3. The van der Waals surface area contributed by atoms with Crippen molar-refractivity contribution in [2.75, 3.05) is 25.8 Å². The lowest BCUT2D eigenvalue weighted by Gasteiger charge is -2.36. The number of aliphatic hydroxyl groups excluding tert-OH is 1. The van der Waals surface area contributed by atoms with Gasteiger partial charge in [-0.2, -0.15) is 0 Å². The van der Waals surface area contributed by atoms with Gasteiger partial charge in [-0.05, 0) is 31.4 Å². The highest BCUT2D eigenvalue weighted by molar-refractivity contribution is 5.90. The molecule has 0 spiro atoms. The third-order valence-corrected chi connectivity index (χ3v) is 5.30. The number of rotatable bonds is 8. The number of amides is 2. The second-order valence-corrected chi connectivity index (χ2v) is 7.52. The third-order valence-electron chi connectivity index (χ3n) is 5.30. The Kier molecular flexibility index (Phi) is 6.85. The molecule has 1 saturated heterocycles. The highest BCUT2D eigenvalue weighted by atomic mass is 16.7. The number of hydrogen-bond acceptors (Lipinski definition) is 8. The maximum Gasteiger partial charge on any atom is 0.319 e. The zero-order valence-electron chi connectivity index (χ0n) is 17.3. The number of nitrogens with one attached hydrogen (secondary N) is 2. The molecule has 3 N–H and O–H groups in total. The minimum absolute atomic E-state index is 0.0257. The number of anilines is 1. The fraction of sp³-hybridized carbons (Fsp3) is 0.550. The number of ether oxygens (including phenoxy) is 4. The van der Waals surface area contributed by atoms with Gasteiger partial charge in [0.25, 0.3) is 0 Å². The van der Waals surface area contributed by atoms with Crippen LogP contribution in [-0.4, -0.2) is 64.9 Å². The molecule has 1 aromatic carbocycles. The zero-order valence-corrected chi connectivity index (χ0v) is 17.3. The number of carbonyl (C=O) groups excluding carboxylic acids is 1. The fourth-order valence-corrected chi connectivity index (χ4v) is 3.76. The van der Waals surface area contributed by atoms with E-state index in [4.69, 9.17) is 18.9 Å². The van der Waals surface area contributed by atoms with Gasteiger partial charge in [0.05, 0.1) is 31.6 Å². The monoisotopic (exact) mass is 433 g/mol. The second kappa shape index (κ2) is 9.94. The van der Waals surface area contributed by atoms with Crippen molar-refractivity contribution >= 4 is 11.7 Å². The van der Waals surface area contributed by atoms with Crippen LogP contribution in [0, 0.1) is 0 Å². The van der Waals surface area contributed by atoms with Crippen LogP contribution in [0.25, 0.3) is 0 Å². The average Bonchev–Trinajstić information content (AvgIpc) is 3.42. The first-order valence-corrected chi connectivity index (χ1v) is 10.3. The summed E-state index contributed by atoms with van der Waals surface area (Å²) in [6, 6.07) is 4.55. The lowest BCUT2D eigenvalue weighted by molar-refractivity contribution is -0.0905. The van der Waals surface area contributed by atoms with Crippen molar-refractivity contribution in [3.05, 3.63) is 30.1 Å². The first kappa shape index (κ1) is 21.3. The van der Waals surface area contributed by atoms with Gasteiger partial charge in [-0.3, -0.25) is 4.68 Å². The normalized spacial score (nSPS) is 22.3. The summed E-state index contributed by atoms with van der Waals surface area (Å²) in [4.78, 5) is 12.4. The molecule has 168 valence electrons. The molecule has 1 aromatic heterocycles. The van der Waals surface area contributed by atoms with Crippen LogP contribution in [0.3, 0.4) is 0 Å². The van der Waals surface area contributed by atoms with Gasteiger partial charge in [-0.15, -0.1) is 5.10 Å². The molecule has 0 unspecified atom stereocenters. The highest BCUT2D eigenvalue weighted by Crippen LogP contribution is 2.34. The SMILES string of the molecule is COCc1cn(CC[C@@H]2CC[C@H](NC(=O)Nc3ccc4c(c3)OCO4)[C@H](CO)O2)nn1. The lowest BCUT2D eigenvalue weighted by Crippen LogP contribution is -2.52. The molecule has 0 bridgehead atoms. The quantitative estimate of drug-likeness (QED) is 0.568. The molecule has 2 aliphatic heterocycles. The molecule has 1 fully saturated rings. The Morgan fingerprint density at radius 2 is 2.19 bits per heavy atom.